The van der Waals surface area contributed by atoms with Gasteiger partial charge in [-0.15, -0.1) is 0 Å². The van der Waals surface area contributed by atoms with Gasteiger partial charge in [-0.25, -0.2) is 9.97 Å². The van der Waals surface area contributed by atoms with Gasteiger partial charge >= 0.3 is 0 Å². The summed E-state index contributed by atoms with van der Waals surface area (Å²) >= 11 is 0. The largest absolute Gasteiger partial charge is 0.338 e. The second-order valence-electron chi connectivity index (χ2n) is 9.45. The number of carbonyl (C=O) groups is 1. The van der Waals surface area contributed by atoms with Crippen LogP contribution < -0.4 is 0 Å². The van der Waals surface area contributed by atoms with Crippen molar-refractivity contribution in [3.8, 4) is 0 Å². The highest BCUT2D eigenvalue weighted by Crippen LogP contribution is 2.40. The molecule has 3 aliphatic rings. The highest BCUT2D eigenvalue weighted by molar-refractivity contribution is 5.95. The SMILES string of the molecule is CCCc1ncncc1C(=O)N1CCC2(CCCN(CC3CCCCC3)C2)C1. The summed E-state index contributed by atoms with van der Waals surface area (Å²) in [6, 6.07) is 0. The first-order valence-corrected chi connectivity index (χ1v) is 11.5. The fourth-order valence-corrected chi connectivity index (χ4v) is 5.78. The van der Waals surface area contributed by atoms with Gasteiger partial charge in [0.2, 0.25) is 0 Å². The molecular formula is C23H36N4O. The highest BCUT2D eigenvalue weighted by atomic mass is 16.2. The van der Waals surface area contributed by atoms with E-state index in [9.17, 15) is 4.79 Å². The Bertz CT molecular complexity index is 672. The van der Waals surface area contributed by atoms with E-state index >= 15 is 0 Å². The second kappa shape index (κ2) is 8.89. The molecule has 1 aromatic rings. The van der Waals surface area contributed by atoms with Crippen LogP contribution in [0.1, 0.15) is 80.8 Å². The summed E-state index contributed by atoms with van der Waals surface area (Å²) in [6.07, 6.45) is 15.9. The first-order valence-electron chi connectivity index (χ1n) is 11.5. The molecule has 1 amide bonds. The van der Waals surface area contributed by atoms with Crippen molar-refractivity contribution in [2.75, 3.05) is 32.7 Å². The number of likely N-dealkylation sites (tertiary alicyclic amines) is 2. The fourth-order valence-electron chi connectivity index (χ4n) is 5.78. The predicted octanol–water partition coefficient (Wildman–Crippen LogP) is 3.94. The first kappa shape index (κ1) is 19.8. The van der Waals surface area contributed by atoms with Crippen molar-refractivity contribution in [2.24, 2.45) is 11.3 Å². The Kier molecular flexibility index (Phi) is 6.29. The zero-order valence-electron chi connectivity index (χ0n) is 17.5. The van der Waals surface area contributed by atoms with Crippen molar-refractivity contribution >= 4 is 5.91 Å². The second-order valence-corrected chi connectivity index (χ2v) is 9.45. The maximum Gasteiger partial charge on any atom is 0.257 e. The third kappa shape index (κ3) is 4.40. The molecule has 0 N–H and O–H groups in total. The molecule has 0 bridgehead atoms. The molecule has 1 saturated carbocycles. The standard InChI is InChI=1S/C23H36N4O/c1-2-7-21-20(14-24-18-25-21)22(28)27-13-11-23(17-27)10-6-12-26(16-23)15-19-8-4-3-5-9-19/h14,18-19H,2-13,15-17H2,1H3. The summed E-state index contributed by atoms with van der Waals surface area (Å²) in [7, 11) is 0. The lowest BCUT2D eigenvalue weighted by Crippen LogP contribution is -2.47. The summed E-state index contributed by atoms with van der Waals surface area (Å²) in [5.41, 5.74) is 1.94. The Hall–Kier alpha value is -1.49. The quantitative estimate of drug-likeness (QED) is 0.772. The van der Waals surface area contributed by atoms with Crippen LogP contribution in [0.5, 0.6) is 0 Å². The molecule has 2 saturated heterocycles. The molecule has 4 rings (SSSR count). The molecular weight excluding hydrogens is 348 g/mol. The lowest BCUT2D eigenvalue weighted by Gasteiger charge is -2.42. The van der Waals surface area contributed by atoms with Crippen molar-refractivity contribution in [3.05, 3.63) is 23.8 Å². The molecule has 2 aliphatic heterocycles. The minimum Gasteiger partial charge on any atom is -0.338 e. The number of carbonyl (C=O) groups excluding carboxylic acids is 1. The van der Waals surface area contributed by atoms with E-state index in [2.05, 4.69) is 26.7 Å². The van der Waals surface area contributed by atoms with Crippen molar-refractivity contribution in [3.63, 3.8) is 0 Å². The molecule has 3 heterocycles. The van der Waals surface area contributed by atoms with Crippen molar-refractivity contribution in [1.82, 2.24) is 19.8 Å². The Balaban J connectivity index is 1.39. The van der Waals surface area contributed by atoms with Crippen LogP contribution >= 0.6 is 0 Å². The molecule has 1 aromatic heterocycles. The van der Waals surface area contributed by atoms with Gasteiger partial charge in [-0.2, -0.15) is 0 Å². The van der Waals surface area contributed by atoms with Gasteiger partial charge < -0.3 is 9.80 Å². The normalized spacial score (nSPS) is 26.8. The molecule has 0 aromatic carbocycles. The Morgan fingerprint density at radius 3 is 2.82 bits per heavy atom. The van der Waals surface area contributed by atoms with Crippen LogP contribution in [0.4, 0.5) is 0 Å². The van der Waals surface area contributed by atoms with Crippen LogP contribution in [-0.4, -0.2) is 58.4 Å². The fraction of sp³-hybridized carbons (Fsp3) is 0.783. The average molecular weight is 385 g/mol. The lowest BCUT2D eigenvalue weighted by atomic mass is 9.78. The zero-order valence-corrected chi connectivity index (χ0v) is 17.5. The minimum absolute atomic E-state index is 0.144. The molecule has 1 aliphatic carbocycles. The number of aromatic nitrogens is 2. The molecule has 0 radical (unpaired) electrons. The number of aryl methyl sites for hydroxylation is 1. The topological polar surface area (TPSA) is 49.3 Å². The first-order chi connectivity index (χ1) is 13.7. The van der Waals surface area contributed by atoms with Gasteiger partial charge in [0.05, 0.1) is 11.3 Å². The van der Waals surface area contributed by atoms with E-state index in [4.69, 9.17) is 0 Å². The van der Waals surface area contributed by atoms with Crippen LogP contribution in [0.2, 0.25) is 0 Å². The van der Waals surface area contributed by atoms with Gasteiger partial charge in [0.1, 0.15) is 6.33 Å². The van der Waals surface area contributed by atoms with Crippen LogP contribution in [-0.2, 0) is 6.42 Å². The van der Waals surface area contributed by atoms with Crippen LogP contribution in [0.15, 0.2) is 12.5 Å². The average Bonchev–Trinajstić information content (AvgIpc) is 3.12. The van der Waals surface area contributed by atoms with Crippen LogP contribution in [0, 0.1) is 11.3 Å². The number of hydrogen-bond acceptors (Lipinski definition) is 4. The van der Waals surface area contributed by atoms with Gasteiger partial charge in [-0.1, -0.05) is 32.6 Å². The number of hydrogen-bond donors (Lipinski definition) is 0. The molecule has 5 nitrogen and oxygen atoms in total. The molecule has 28 heavy (non-hydrogen) atoms. The Labute approximate surface area is 169 Å². The van der Waals surface area contributed by atoms with Crippen molar-refractivity contribution in [1.29, 1.82) is 0 Å². The van der Waals surface area contributed by atoms with E-state index in [0.29, 0.717) is 5.41 Å². The van der Waals surface area contributed by atoms with Gasteiger partial charge in [0.15, 0.2) is 0 Å². The smallest absolute Gasteiger partial charge is 0.257 e. The van der Waals surface area contributed by atoms with E-state index < -0.39 is 0 Å². The molecule has 5 heteroatoms. The maximum atomic E-state index is 13.2. The third-order valence-corrected chi connectivity index (χ3v) is 7.22. The summed E-state index contributed by atoms with van der Waals surface area (Å²) in [5, 5.41) is 0. The number of rotatable bonds is 5. The lowest BCUT2D eigenvalue weighted by molar-refractivity contribution is 0.0629. The zero-order chi connectivity index (χ0) is 19.4. The molecule has 1 spiro atoms. The summed E-state index contributed by atoms with van der Waals surface area (Å²) in [6.45, 7) is 7.64. The Morgan fingerprint density at radius 1 is 1.14 bits per heavy atom. The Morgan fingerprint density at radius 2 is 2.00 bits per heavy atom. The maximum absolute atomic E-state index is 13.2. The summed E-state index contributed by atoms with van der Waals surface area (Å²) in [5.74, 6) is 1.05. The van der Waals surface area contributed by atoms with E-state index in [0.717, 1.165) is 49.5 Å². The van der Waals surface area contributed by atoms with Gasteiger partial charge in [-0.05, 0) is 51.0 Å². The van der Waals surface area contributed by atoms with E-state index in [1.54, 1.807) is 12.5 Å². The summed E-state index contributed by atoms with van der Waals surface area (Å²) < 4.78 is 0. The number of amides is 1. The van der Waals surface area contributed by atoms with Crippen LogP contribution in [0.25, 0.3) is 0 Å². The van der Waals surface area contributed by atoms with E-state index in [1.807, 2.05) is 0 Å². The van der Waals surface area contributed by atoms with Crippen molar-refractivity contribution in [2.45, 2.75) is 71.1 Å². The van der Waals surface area contributed by atoms with Gasteiger partial charge in [0.25, 0.3) is 5.91 Å². The van der Waals surface area contributed by atoms with Crippen LogP contribution in [0.3, 0.4) is 0 Å². The predicted molar refractivity (Wildman–Crippen MR) is 111 cm³/mol. The number of piperidine rings is 1. The molecule has 3 fully saturated rings. The summed E-state index contributed by atoms with van der Waals surface area (Å²) in [4.78, 5) is 26.5. The van der Waals surface area contributed by atoms with Gasteiger partial charge in [0, 0.05) is 37.8 Å². The van der Waals surface area contributed by atoms with Crippen molar-refractivity contribution < 1.29 is 4.79 Å². The highest BCUT2D eigenvalue weighted by Gasteiger charge is 2.43. The molecule has 1 unspecified atom stereocenters. The number of nitrogens with zero attached hydrogens (tertiary/aromatic N) is 4. The van der Waals surface area contributed by atoms with E-state index in [1.165, 1.54) is 64.6 Å². The third-order valence-electron chi connectivity index (χ3n) is 7.22. The molecule has 1 atom stereocenters. The monoisotopic (exact) mass is 384 g/mol. The minimum atomic E-state index is 0.144. The van der Waals surface area contributed by atoms with Gasteiger partial charge in [-0.3, -0.25) is 4.79 Å². The van der Waals surface area contributed by atoms with E-state index in [-0.39, 0.29) is 5.91 Å². The molecule has 154 valence electrons.